The van der Waals surface area contributed by atoms with Crippen LogP contribution in [-0.2, 0) is 12.8 Å². The lowest BCUT2D eigenvalue weighted by Crippen LogP contribution is -2.46. The molecule has 0 spiro atoms. The number of rotatable bonds is 8. The molecular formula is C30H35N5O. The minimum Gasteiger partial charge on any atom is -0.325 e. The van der Waals surface area contributed by atoms with Gasteiger partial charge in [0.05, 0.1) is 5.69 Å². The number of allylic oxidation sites excluding steroid dienone is 1. The number of nitrogens with one attached hydrogen (secondary N) is 1. The lowest BCUT2D eigenvalue weighted by atomic mass is 9.92. The highest BCUT2D eigenvalue weighted by molar-refractivity contribution is 6.04. The number of nitrogens with zero attached hydrogens (tertiary/aromatic N) is 4. The summed E-state index contributed by atoms with van der Waals surface area (Å²) in [6, 6.07) is 14.7. The Morgan fingerprint density at radius 3 is 2.42 bits per heavy atom. The summed E-state index contributed by atoms with van der Waals surface area (Å²) in [6.07, 6.45) is 7.90. The molecule has 2 aliphatic rings. The molecule has 6 nitrogen and oxygen atoms in total. The van der Waals surface area contributed by atoms with Crippen LogP contribution in [0.3, 0.4) is 0 Å². The zero-order chi connectivity index (χ0) is 24.9. The summed E-state index contributed by atoms with van der Waals surface area (Å²) in [5.41, 5.74) is 6.11. The third kappa shape index (κ3) is 5.89. The lowest BCUT2D eigenvalue weighted by Gasteiger charge is -2.34. The van der Waals surface area contributed by atoms with Gasteiger partial charge in [-0.15, -0.1) is 0 Å². The quantitative estimate of drug-likeness (QED) is 0.494. The Balaban J connectivity index is 1.29. The molecule has 3 heterocycles. The van der Waals surface area contributed by atoms with Crippen molar-refractivity contribution >= 4 is 23.5 Å². The summed E-state index contributed by atoms with van der Waals surface area (Å²) in [4.78, 5) is 27.2. The Labute approximate surface area is 214 Å². The fourth-order valence-electron chi connectivity index (χ4n) is 4.97. The normalized spacial score (nSPS) is 16.2. The van der Waals surface area contributed by atoms with Gasteiger partial charge >= 0.3 is 0 Å². The van der Waals surface area contributed by atoms with Gasteiger partial charge in [-0.2, -0.15) is 0 Å². The van der Waals surface area contributed by atoms with Crippen LogP contribution in [0.15, 0.2) is 54.7 Å². The maximum absolute atomic E-state index is 12.8. The molecule has 0 radical (unpaired) electrons. The first-order valence-electron chi connectivity index (χ1n) is 13.0. The van der Waals surface area contributed by atoms with Crippen molar-refractivity contribution in [3.63, 3.8) is 0 Å². The summed E-state index contributed by atoms with van der Waals surface area (Å²) in [6.45, 7) is 11.2. The van der Waals surface area contributed by atoms with Crippen molar-refractivity contribution in [1.82, 2.24) is 19.8 Å². The molecule has 0 bridgehead atoms. The second kappa shape index (κ2) is 11.1. The van der Waals surface area contributed by atoms with E-state index >= 15 is 0 Å². The number of aromatic nitrogens is 2. The standard InChI is InChI=1S/C30H35N5O/c1-3-34-15-17-35(18-16-34)14-13-23-8-10-24(11-9-23)19-26-30-25(5-4-6-27(30)36)20-29(32-26)33-28-12-7-22(2)21-31-28/h4-5,7-12,20-21H,3,6,13-19H2,1-2H3,(H,31,32,33). The van der Waals surface area contributed by atoms with E-state index in [9.17, 15) is 4.79 Å². The van der Waals surface area contributed by atoms with Crippen LogP contribution >= 0.6 is 0 Å². The summed E-state index contributed by atoms with van der Waals surface area (Å²) in [5, 5.41) is 3.31. The minimum absolute atomic E-state index is 0.134. The SMILES string of the molecule is CCN1CCN(CCc2ccc(Cc3nc(Nc4ccc(C)cn4)cc4c3C(=O)CC=C4)cc2)CC1. The molecule has 1 aliphatic carbocycles. The minimum atomic E-state index is 0.134. The van der Waals surface area contributed by atoms with E-state index in [1.165, 1.54) is 18.7 Å². The average Bonchev–Trinajstić information content (AvgIpc) is 2.90. The predicted octanol–water partition coefficient (Wildman–Crippen LogP) is 4.90. The van der Waals surface area contributed by atoms with E-state index in [-0.39, 0.29) is 5.78 Å². The molecule has 3 aromatic rings. The number of fused-ring (bicyclic) bond motifs is 1. The van der Waals surface area contributed by atoms with E-state index in [1.54, 1.807) is 0 Å². The highest BCUT2D eigenvalue weighted by Gasteiger charge is 2.21. The maximum Gasteiger partial charge on any atom is 0.169 e. The smallest absolute Gasteiger partial charge is 0.169 e. The highest BCUT2D eigenvalue weighted by Crippen LogP contribution is 2.27. The topological polar surface area (TPSA) is 61.4 Å². The van der Waals surface area contributed by atoms with Gasteiger partial charge in [0.15, 0.2) is 5.78 Å². The lowest BCUT2D eigenvalue weighted by molar-refractivity contribution is 0.0993. The van der Waals surface area contributed by atoms with Crippen molar-refractivity contribution in [1.29, 1.82) is 0 Å². The number of anilines is 2. The fourth-order valence-corrected chi connectivity index (χ4v) is 4.97. The van der Waals surface area contributed by atoms with E-state index in [0.717, 1.165) is 66.4 Å². The molecular weight excluding hydrogens is 446 g/mol. The Morgan fingerprint density at radius 1 is 0.944 bits per heavy atom. The van der Waals surface area contributed by atoms with Crippen LogP contribution < -0.4 is 5.32 Å². The molecule has 1 aliphatic heterocycles. The van der Waals surface area contributed by atoms with Gasteiger partial charge in [0.1, 0.15) is 11.6 Å². The van der Waals surface area contributed by atoms with Crippen LogP contribution in [0.1, 0.15) is 51.7 Å². The number of pyridine rings is 2. The third-order valence-corrected chi connectivity index (χ3v) is 7.20. The Hall–Kier alpha value is -3.35. The van der Waals surface area contributed by atoms with Crippen molar-refractivity contribution in [2.45, 2.75) is 33.1 Å². The Morgan fingerprint density at radius 2 is 1.69 bits per heavy atom. The molecule has 1 N–H and O–H groups in total. The van der Waals surface area contributed by atoms with Gasteiger partial charge in [-0.05, 0) is 54.3 Å². The number of carbonyl (C=O) groups is 1. The Bertz CT molecular complexity index is 1230. The molecule has 2 aromatic heterocycles. The number of aryl methyl sites for hydroxylation is 1. The van der Waals surface area contributed by atoms with Crippen LogP contribution in [0.25, 0.3) is 6.08 Å². The van der Waals surface area contributed by atoms with Gasteiger partial charge in [-0.25, -0.2) is 9.97 Å². The third-order valence-electron chi connectivity index (χ3n) is 7.20. The molecule has 0 amide bonds. The van der Waals surface area contributed by atoms with Gasteiger partial charge in [-0.1, -0.05) is 49.4 Å². The summed E-state index contributed by atoms with van der Waals surface area (Å²) < 4.78 is 0. The molecule has 1 fully saturated rings. The number of carbonyl (C=O) groups excluding carboxylic acids is 1. The largest absolute Gasteiger partial charge is 0.325 e. The van der Waals surface area contributed by atoms with Gasteiger partial charge in [0, 0.05) is 57.3 Å². The average molecular weight is 482 g/mol. The first kappa shape index (κ1) is 24.3. The fraction of sp³-hybridized carbons (Fsp3) is 0.367. The predicted molar refractivity (Wildman–Crippen MR) is 146 cm³/mol. The van der Waals surface area contributed by atoms with Crippen LogP contribution in [0.2, 0.25) is 0 Å². The molecule has 0 atom stereocenters. The van der Waals surface area contributed by atoms with E-state index in [2.05, 4.69) is 51.3 Å². The van der Waals surface area contributed by atoms with Crippen molar-refractivity contribution in [2.75, 3.05) is 44.6 Å². The van der Waals surface area contributed by atoms with Crippen LogP contribution in [0.5, 0.6) is 0 Å². The number of ketones is 1. The summed E-state index contributed by atoms with van der Waals surface area (Å²) in [5.74, 6) is 1.58. The molecule has 6 heteroatoms. The Kier molecular flexibility index (Phi) is 7.54. The van der Waals surface area contributed by atoms with E-state index in [1.807, 2.05) is 43.5 Å². The molecule has 0 saturated carbocycles. The number of likely N-dealkylation sites (N-methyl/N-ethyl adjacent to an activating group) is 1. The van der Waals surface area contributed by atoms with E-state index in [4.69, 9.17) is 4.98 Å². The maximum atomic E-state index is 12.8. The van der Waals surface area contributed by atoms with Crippen molar-refractivity contribution in [3.8, 4) is 0 Å². The number of hydrogen-bond donors (Lipinski definition) is 1. The summed E-state index contributed by atoms with van der Waals surface area (Å²) in [7, 11) is 0. The number of hydrogen-bond acceptors (Lipinski definition) is 6. The van der Waals surface area contributed by atoms with Crippen molar-refractivity contribution in [2.24, 2.45) is 0 Å². The van der Waals surface area contributed by atoms with Crippen molar-refractivity contribution in [3.05, 3.63) is 88.2 Å². The number of benzene rings is 1. The van der Waals surface area contributed by atoms with E-state index < -0.39 is 0 Å². The van der Waals surface area contributed by atoms with Crippen LogP contribution in [-0.4, -0.2) is 64.8 Å². The second-order valence-corrected chi connectivity index (χ2v) is 9.81. The molecule has 186 valence electrons. The number of piperazine rings is 1. The number of Topliss-reactive ketones (excluding diaryl/α,β-unsaturated/α-hetero) is 1. The molecule has 1 aromatic carbocycles. The zero-order valence-corrected chi connectivity index (χ0v) is 21.3. The summed E-state index contributed by atoms with van der Waals surface area (Å²) >= 11 is 0. The molecule has 36 heavy (non-hydrogen) atoms. The van der Waals surface area contributed by atoms with Gasteiger partial charge in [0.2, 0.25) is 0 Å². The van der Waals surface area contributed by atoms with Gasteiger partial charge in [-0.3, -0.25) is 4.79 Å². The first-order valence-corrected chi connectivity index (χ1v) is 13.0. The molecule has 1 saturated heterocycles. The second-order valence-electron chi connectivity index (χ2n) is 9.81. The monoisotopic (exact) mass is 481 g/mol. The van der Waals surface area contributed by atoms with Gasteiger partial charge < -0.3 is 15.1 Å². The first-order chi connectivity index (χ1) is 17.6. The highest BCUT2D eigenvalue weighted by atomic mass is 16.1. The zero-order valence-electron chi connectivity index (χ0n) is 21.3. The van der Waals surface area contributed by atoms with Crippen LogP contribution in [0, 0.1) is 6.92 Å². The van der Waals surface area contributed by atoms with Gasteiger partial charge in [0.25, 0.3) is 0 Å². The van der Waals surface area contributed by atoms with E-state index in [0.29, 0.717) is 18.7 Å². The van der Waals surface area contributed by atoms with Crippen molar-refractivity contribution < 1.29 is 4.79 Å². The van der Waals surface area contributed by atoms with Crippen LogP contribution in [0.4, 0.5) is 11.6 Å². The molecule has 5 rings (SSSR count). The molecule has 0 unspecified atom stereocenters.